The van der Waals surface area contributed by atoms with E-state index in [-0.39, 0.29) is 10.6 Å². The number of rotatable bonds is 3. The Morgan fingerprint density at radius 2 is 2.11 bits per heavy atom. The Morgan fingerprint density at radius 1 is 1.37 bits per heavy atom. The van der Waals surface area contributed by atoms with Crippen LogP contribution in [0.2, 0.25) is 0 Å². The summed E-state index contributed by atoms with van der Waals surface area (Å²) < 4.78 is 27.2. The van der Waals surface area contributed by atoms with Gasteiger partial charge in [0.15, 0.2) is 5.69 Å². The van der Waals surface area contributed by atoms with Crippen LogP contribution in [0.1, 0.15) is 10.5 Å². The molecular formula is C10H6BrClN2O4S. The number of nitrogens with one attached hydrogen (secondary N) is 1. The van der Waals surface area contributed by atoms with Gasteiger partial charge in [0, 0.05) is 21.2 Å². The number of hydrogen-bond donors (Lipinski definition) is 1. The number of halogens is 2. The number of carbonyl (C=O) groups is 1. The quantitative estimate of drug-likeness (QED) is 0.845. The summed E-state index contributed by atoms with van der Waals surface area (Å²) in [6.07, 6.45) is 1.27. The van der Waals surface area contributed by atoms with Crippen LogP contribution in [0.3, 0.4) is 0 Å². The molecule has 1 aromatic heterocycles. The number of aromatic nitrogens is 1. The number of amides is 1. The zero-order chi connectivity index (χ0) is 14.0. The first kappa shape index (κ1) is 14.0. The lowest BCUT2D eigenvalue weighted by Crippen LogP contribution is -2.12. The zero-order valence-corrected chi connectivity index (χ0v) is 12.3. The molecule has 1 aromatic carbocycles. The zero-order valence-electron chi connectivity index (χ0n) is 9.13. The number of anilines is 1. The summed E-state index contributed by atoms with van der Waals surface area (Å²) >= 11 is 3.15. The third-order valence-corrected chi connectivity index (χ3v) is 4.15. The first-order chi connectivity index (χ1) is 8.88. The average molecular weight is 366 g/mol. The molecule has 1 heterocycles. The molecule has 0 saturated heterocycles. The van der Waals surface area contributed by atoms with E-state index in [1.54, 1.807) is 0 Å². The summed E-state index contributed by atoms with van der Waals surface area (Å²) in [6, 6.07) is 5.39. The van der Waals surface area contributed by atoms with Gasteiger partial charge < -0.3 is 9.84 Å². The topological polar surface area (TPSA) is 89.3 Å². The SMILES string of the molecule is O=C(Nc1ccc(S(=O)(=O)Cl)cc1Br)c1ccon1. The van der Waals surface area contributed by atoms with E-state index in [0.717, 1.165) is 0 Å². The fraction of sp³-hybridized carbons (Fsp3) is 0. The molecular weight excluding hydrogens is 360 g/mol. The molecule has 100 valence electrons. The highest BCUT2D eigenvalue weighted by Crippen LogP contribution is 2.27. The van der Waals surface area contributed by atoms with Gasteiger partial charge in [-0.3, -0.25) is 4.79 Å². The van der Waals surface area contributed by atoms with E-state index in [0.29, 0.717) is 10.2 Å². The first-order valence-corrected chi connectivity index (χ1v) is 7.94. The largest absolute Gasteiger partial charge is 0.364 e. The van der Waals surface area contributed by atoms with E-state index >= 15 is 0 Å². The van der Waals surface area contributed by atoms with Gasteiger partial charge in [0.25, 0.3) is 15.0 Å². The molecule has 1 N–H and O–H groups in total. The minimum absolute atomic E-state index is 0.0690. The Bertz CT molecular complexity index is 715. The molecule has 0 atom stereocenters. The molecule has 0 aliphatic rings. The highest BCUT2D eigenvalue weighted by Gasteiger charge is 2.15. The minimum Gasteiger partial charge on any atom is -0.364 e. The van der Waals surface area contributed by atoms with Crippen LogP contribution in [0.25, 0.3) is 0 Å². The Balaban J connectivity index is 2.25. The summed E-state index contributed by atoms with van der Waals surface area (Å²) in [5.41, 5.74) is 0.498. The molecule has 0 bridgehead atoms. The molecule has 2 aromatic rings. The minimum atomic E-state index is -3.81. The van der Waals surface area contributed by atoms with Crippen LogP contribution in [-0.4, -0.2) is 19.5 Å². The van der Waals surface area contributed by atoms with Crippen molar-refractivity contribution < 1.29 is 17.7 Å². The Labute approximate surface area is 121 Å². The van der Waals surface area contributed by atoms with E-state index in [1.165, 1.54) is 30.5 Å². The van der Waals surface area contributed by atoms with Crippen LogP contribution < -0.4 is 5.32 Å². The maximum Gasteiger partial charge on any atom is 0.277 e. The van der Waals surface area contributed by atoms with Gasteiger partial charge in [-0.2, -0.15) is 0 Å². The van der Waals surface area contributed by atoms with E-state index in [9.17, 15) is 13.2 Å². The van der Waals surface area contributed by atoms with Crippen molar-refractivity contribution in [3.8, 4) is 0 Å². The predicted molar refractivity (Wildman–Crippen MR) is 71.6 cm³/mol. The molecule has 19 heavy (non-hydrogen) atoms. The predicted octanol–water partition coefficient (Wildman–Crippen LogP) is 2.62. The van der Waals surface area contributed by atoms with Crippen molar-refractivity contribution >= 4 is 47.3 Å². The fourth-order valence-electron chi connectivity index (χ4n) is 1.26. The molecule has 0 fully saturated rings. The highest BCUT2D eigenvalue weighted by atomic mass is 79.9. The maximum absolute atomic E-state index is 11.7. The second-order valence-corrected chi connectivity index (χ2v) is 6.84. The van der Waals surface area contributed by atoms with E-state index in [4.69, 9.17) is 10.7 Å². The van der Waals surface area contributed by atoms with E-state index < -0.39 is 15.0 Å². The Morgan fingerprint density at radius 3 is 2.63 bits per heavy atom. The molecule has 0 spiro atoms. The molecule has 0 aliphatic heterocycles. The van der Waals surface area contributed by atoms with Crippen LogP contribution in [-0.2, 0) is 9.05 Å². The van der Waals surface area contributed by atoms with Gasteiger partial charge in [0.1, 0.15) is 6.26 Å². The van der Waals surface area contributed by atoms with Gasteiger partial charge in [-0.15, -0.1) is 0 Å². The van der Waals surface area contributed by atoms with Gasteiger partial charge in [0.2, 0.25) is 0 Å². The molecule has 9 heteroatoms. The van der Waals surface area contributed by atoms with E-state index in [2.05, 4.69) is 30.9 Å². The number of nitrogens with zero attached hydrogens (tertiary/aromatic N) is 1. The Hall–Kier alpha value is -1.38. The van der Waals surface area contributed by atoms with Crippen LogP contribution >= 0.6 is 26.6 Å². The van der Waals surface area contributed by atoms with Crippen molar-refractivity contribution in [3.05, 3.63) is 40.7 Å². The molecule has 0 unspecified atom stereocenters. The summed E-state index contributed by atoms with van der Waals surface area (Å²) in [7, 11) is 1.40. The molecule has 0 aliphatic carbocycles. The van der Waals surface area contributed by atoms with Crippen LogP contribution in [0.5, 0.6) is 0 Å². The summed E-state index contributed by atoms with van der Waals surface area (Å²) in [6.45, 7) is 0. The Kier molecular flexibility index (Phi) is 3.93. The lowest BCUT2D eigenvalue weighted by molar-refractivity contribution is 0.101. The van der Waals surface area contributed by atoms with Gasteiger partial charge >= 0.3 is 0 Å². The molecule has 2 rings (SSSR count). The highest BCUT2D eigenvalue weighted by molar-refractivity contribution is 9.10. The van der Waals surface area contributed by atoms with Crippen LogP contribution in [0.15, 0.2) is 44.4 Å². The number of carbonyl (C=O) groups excluding carboxylic acids is 1. The van der Waals surface area contributed by atoms with Crippen molar-refractivity contribution in [3.63, 3.8) is 0 Å². The van der Waals surface area contributed by atoms with Crippen molar-refractivity contribution in [2.24, 2.45) is 0 Å². The van der Waals surface area contributed by atoms with Gasteiger partial charge in [-0.25, -0.2) is 8.42 Å². The number of hydrogen-bond acceptors (Lipinski definition) is 5. The molecule has 0 radical (unpaired) electrons. The monoisotopic (exact) mass is 364 g/mol. The molecule has 1 amide bonds. The summed E-state index contributed by atoms with van der Waals surface area (Å²) in [5, 5.41) is 6.02. The lowest BCUT2D eigenvalue weighted by Gasteiger charge is -2.06. The van der Waals surface area contributed by atoms with Crippen molar-refractivity contribution in [1.29, 1.82) is 0 Å². The van der Waals surface area contributed by atoms with Crippen molar-refractivity contribution in [2.75, 3.05) is 5.32 Å². The third-order valence-electron chi connectivity index (χ3n) is 2.14. The second kappa shape index (κ2) is 5.32. The van der Waals surface area contributed by atoms with Crippen LogP contribution in [0.4, 0.5) is 5.69 Å². The summed E-state index contributed by atoms with van der Waals surface area (Å²) in [5.74, 6) is -0.476. The fourth-order valence-corrected chi connectivity index (χ4v) is 2.67. The second-order valence-electron chi connectivity index (χ2n) is 3.42. The lowest BCUT2D eigenvalue weighted by atomic mass is 10.3. The van der Waals surface area contributed by atoms with Crippen molar-refractivity contribution in [2.45, 2.75) is 4.90 Å². The maximum atomic E-state index is 11.7. The molecule has 6 nitrogen and oxygen atoms in total. The smallest absolute Gasteiger partial charge is 0.277 e. The third kappa shape index (κ3) is 3.34. The van der Waals surface area contributed by atoms with Gasteiger partial charge in [-0.1, -0.05) is 5.16 Å². The van der Waals surface area contributed by atoms with E-state index in [1.807, 2.05) is 0 Å². The summed E-state index contributed by atoms with van der Waals surface area (Å²) in [4.78, 5) is 11.6. The normalized spacial score (nSPS) is 11.3. The standard InChI is InChI=1S/C10H6BrClN2O4S/c11-7-5-6(19(12,16)17)1-2-8(7)13-10(15)9-3-4-18-14-9/h1-5H,(H,13,15). The molecule has 0 saturated carbocycles. The number of benzene rings is 1. The average Bonchev–Trinajstić information content (AvgIpc) is 2.84. The van der Waals surface area contributed by atoms with Gasteiger partial charge in [0.05, 0.1) is 10.6 Å². The van der Waals surface area contributed by atoms with Crippen LogP contribution in [0, 0.1) is 0 Å². The first-order valence-electron chi connectivity index (χ1n) is 4.84. The van der Waals surface area contributed by atoms with Crippen molar-refractivity contribution in [1.82, 2.24) is 5.16 Å². The van der Waals surface area contributed by atoms with Gasteiger partial charge in [-0.05, 0) is 34.1 Å².